The van der Waals surface area contributed by atoms with Crippen LogP contribution in [0.15, 0.2) is 18.2 Å². The third kappa shape index (κ3) is 2.73. The molecule has 0 aliphatic rings. The zero-order valence-electron chi connectivity index (χ0n) is 9.90. The van der Waals surface area contributed by atoms with Crippen LogP contribution >= 0.6 is 0 Å². The van der Waals surface area contributed by atoms with Crippen molar-refractivity contribution in [3.8, 4) is 0 Å². The fraction of sp³-hybridized carbons (Fsp3) is 0.417. The third-order valence-electron chi connectivity index (χ3n) is 2.55. The van der Waals surface area contributed by atoms with Gasteiger partial charge in [-0.2, -0.15) is 0 Å². The number of carboxylic acids is 1. The summed E-state index contributed by atoms with van der Waals surface area (Å²) < 4.78 is 0. The lowest BCUT2D eigenvalue weighted by atomic mass is 9.97. The largest absolute Gasteiger partial charge is 0.481 e. The molecule has 3 N–H and O–H groups in total. The van der Waals surface area contributed by atoms with E-state index in [9.17, 15) is 4.79 Å². The van der Waals surface area contributed by atoms with Crippen LogP contribution in [0.25, 0.3) is 0 Å². The van der Waals surface area contributed by atoms with Crippen molar-refractivity contribution in [3.05, 3.63) is 29.3 Å². The molecule has 0 aliphatic heterocycles. The number of aryl methyl sites for hydroxylation is 1. The molecule has 0 radical (unpaired) electrons. The normalized spacial score (nSPS) is 12.2. The maximum atomic E-state index is 10.7. The van der Waals surface area contributed by atoms with E-state index >= 15 is 0 Å². The SMILES string of the molecule is Cc1cccc(N(C)C)c1C(N)CC(=O)O. The Labute approximate surface area is 95.7 Å². The number of benzene rings is 1. The molecule has 1 aromatic carbocycles. The summed E-state index contributed by atoms with van der Waals surface area (Å²) in [5, 5.41) is 8.77. The van der Waals surface area contributed by atoms with Gasteiger partial charge in [0.15, 0.2) is 0 Å². The summed E-state index contributed by atoms with van der Waals surface area (Å²) in [6.07, 6.45) is -0.0499. The fourth-order valence-corrected chi connectivity index (χ4v) is 1.83. The molecule has 16 heavy (non-hydrogen) atoms. The third-order valence-corrected chi connectivity index (χ3v) is 2.55. The molecule has 0 bridgehead atoms. The molecular weight excluding hydrogens is 204 g/mol. The van der Waals surface area contributed by atoms with Crippen molar-refractivity contribution in [2.45, 2.75) is 19.4 Å². The summed E-state index contributed by atoms with van der Waals surface area (Å²) in [7, 11) is 3.84. The van der Waals surface area contributed by atoms with Gasteiger partial charge in [0.2, 0.25) is 0 Å². The monoisotopic (exact) mass is 222 g/mol. The average molecular weight is 222 g/mol. The van der Waals surface area contributed by atoms with Crippen LogP contribution in [-0.2, 0) is 4.79 Å². The quantitative estimate of drug-likeness (QED) is 0.811. The minimum absolute atomic E-state index is 0.0499. The molecular formula is C12H18N2O2. The van der Waals surface area contributed by atoms with Crippen molar-refractivity contribution in [2.24, 2.45) is 5.73 Å². The van der Waals surface area contributed by atoms with Gasteiger partial charge in [0.1, 0.15) is 0 Å². The van der Waals surface area contributed by atoms with E-state index in [-0.39, 0.29) is 6.42 Å². The second-order valence-corrected chi connectivity index (χ2v) is 4.11. The second-order valence-electron chi connectivity index (χ2n) is 4.11. The molecule has 0 spiro atoms. The molecule has 0 heterocycles. The van der Waals surface area contributed by atoms with E-state index < -0.39 is 12.0 Å². The highest BCUT2D eigenvalue weighted by molar-refractivity contribution is 5.69. The highest BCUT2D eigenvalue weighted by Gasteiger charge is 2.17. The number of anilines is 1. The average Bonchev–Trinajstić information content (AvgIpc) is 2.15. The summed E-state index contributed by atoms with van der Waals surface area (Å²) >= 11 is 0. The van der Waals surface area contributed by atoms with E-state index in [4.69, 9.17) is 10.8 Å². The van der Waals surface area contributed by atoms with E-state index in [2.05, 4.69) is 0 Å². The first kappa shape index (κ1) is 12.5. The Balaban J connectivity index is 3.14. The zero-order valence-corrected chi connectivity index (χ0v) is 9.90. The molecule has 1 unspecified atom stereocenters. The predicted molar refractivity (Wildman–Crippen MR) is 64.7 cm³/mol. The van der Waals surface area contributed by atoms with Crippen LogP contribution in [-0.4, -0.2) is 25.2 Å². The summed E-state index contributed by atoms with van der Waals surface area (Å²) in [6, 6.07) is 5.38. The number of nitrogens with zero attached hydrogens (tertiary/aromatic N) is 1. The topological polar surface area (TPSA) is 66.6 Å². The molecule has 88 valence electrons. The van der Waals surface area contributed by atoms with Crippen LogP contribution in [0.4, 0.5) is 5.69 Å². The smallest absolute Gasteiger partial charge is 0.305 e. The van der Waals surface area contributed by atoms with Gasteiger partial charge >= 0.3 is 5.97 Å². The molecule has 1 rings (SSSR count). The van der Waals surface area contributed by atoms with E-state index in [0.717, 1.165) is 16.8 Å². The summed E-state index contributed by atoms with van der Waals surface area (Å²) in [5.41, 5.74) is 8.85. The van der Waals surface area contributed by atoms with Gasteiger partial charge in [-0.15, -0.1) is 0 Å². The van der Waals surface area contributed by atoms with Gasteiger partial charge in [-0.1, -0.05) is 12.1 Å². The number of hydrogen-bond donors (Lipinski definition) is 2. The van der Waals surface area contributed by atoms with E-state index in [0.29, 0.717) is 0 Å². The van der Waals surface area contributed by atoms with Crippen LogP contribution in [0, 0.1) is 6.92 Å². The van der Waals surface area contributed by atoms with Gasteiger partial charge in [-0.25, -0.2) is 0 Å². The maximum Gasteiger partial charge on any atom is 0.305 e. The second kappa shape index (κ2) is 4.99. The van der Waals surface area contributed by atoms with E-state index in [1.807, 2.05) is 44.1 Å². The van der Waals surface area contributed by atoms with Crippen molar-refractivity contribution in [3.63, 3.8) is 0 Å². The molecule has 0 saturated carbocycles. The number of nitrogens with two attached hydrogens (primary N) is 1. The molecule has 4 heteroatoms. The minimum atomic E-state index is -0.875. The molecule has 0 amide bonds. The van der Waals surface area contributed by atoms with Gasteiger partial charge in [0, 0.05) is 25.8 Å². The van der Waals surface area contributed by atoms with Gasteiger partial charge in [-0.05, 0) is 24.1 Å². The number of carbonyl (C=O) groups is 1. The van der Waals surface area contributed by atoms with Crippen molar-refractivity contribution in [2.75, 3.05) is 19.0 Å². The Bertz CT molecular complexity index is 389. The number of aliphatic carboxylic acids is 1. The number of hydrogen-bond acceptors (Lipinski definition) is 3. The Kier molecular flexibility index (Phi) is 3.90. The highest BCUT2D eigenvalue weighted by atomic mass is 16.4. The van der Waals surface area contributed by atoms with Crippen LogP contribution < -0.4 is 10.6 Å². The Morgan fingerprint density at radius 1 is 1.50 bits per heavy atom. The summed E-state index contributed by atoms with van der Waals surface area (Å²) in [5.74, 6) is -0.875. The molecule has 0 aliphatic carbocycles. The molecule has 1 aromatic rings. The van der Waals surface area contributed by atoms with Crippen LogP contribution in [0.1, 0.15) is 23.6 Å². The Morgan fingerprint density at radius 3 is 2.62 bits per heavy atom. The predicted octanol–water partition coefficient (Wildman–Crippen LogP) is 1.54. The summed E-state index contributed by atoms with van der Waals surface area (Å²) in [6.45, 7) is 1.95. The van der Waals surface area contributed by atoms with Crippen molar-refractivity contribution in [1.29, 1.82) is 0 Å². The Hall–Kier alpha value is -1.55. The van der Waals surface area contributed by atoms with E-state index in [1.54, 1.807) is 0 Å². The molecule has 0 aromatic heterocycles. The van der Waals surface area contributed by atoms with Gasteiger partial charge in [0.05, 0.1) is 6.42 Å². The number of carboxylic acid groups (broad SMARTS) is 1. The standard InChI is InChI=1S/C12H18N2O2/c1-8-5-4-6-10(14(2)3)12(8)9(13)7-11(15)16/h4-6,9H,7,13H2,1-3H3,(H,15,16). The highest BCUT2D eigenvalue weighted by Crippen LogP contribution is 2.28. The zero-order chi connectivity index (χ0) is 12.3. The number of rotatable bonds is 4. The molecule has 0 saturated heterocycles. The first-order chi connectivity index (χ1) is 7.43. The minimum Gasteiger partial charge on any atom is -0.481 e. The van der Waals surface area contributed by atoms with Crippen molar-refractivity contribution >= 4 is 11.7 Å². The van der Waals surface area contributed by atoms with Crippen molar-refractivity contribution < 1.29 is 9.90 Å². The lowest BCUT2D eigenvalue weighted by Crippen LogP contribution is -2.20. The van der Waals surface area contributed by atoms with Crippen molar-refractivity contribution in [1.82, 2.24) is 0 Å². The Morgan fingerprint density at radius 2 is 2.12 bits per heavy atom. The van der Waals surface area contributed by atoms with E-state index in [1.165, 1.54) is 0 Å². The molecule has 4 nitrogen and oxygen atoms in total. The molecule has 0 fully saturated rings. The van der Waals surface area contributed by atoms with Crippen LogP contribution in [0.3, 0.4) is 0 Å². The fourth-order valence-electron chi connectivity index (χ4n) is 1.83. The van der Waals surface area contributed by atoms with Crippen LogP contribution in [0.2, 0.25) is 0 Å². The first-order valence-corrected chi connectivity index (χ1v) is 5.17. The van der Waals surface area contributed by atoms with Crippen LogP contribution in [0.5, 0.6) is 0 Å². The lowest BCUT2D eigenvalue weighted by Gasteiger charge is -2.22. The van der Waals surface area contributed by atoms with Gasteiger partial charge in [0.25, 0.3) is 0 Å². The van der Waals surface area contributed by atoms with Gasteiger partial charge < -0.3 is 15.7 Å². The molecule has 1 atom stereocenters. The lowest BCUT2D eigenvalue weighted by molar-refractivity contribution is -0.137. The van der Waals surface area contributed by atoms with Gasteiger partial charge in [-0.3, -0.25) is 4.79 Å². The summed E-state index contributed by atoms with van der Waals surface area (Å²) in [4.78, 5) is 12.6. The first-order valence-electron chi connectivity index (χ1n) is 5.17. The maximum absolute atomic E-state index is 10.7.